The third-order valence-electron chi connectivity index (χ3n) is 4.01. The SMILES string of the molecule is CCCC(N)C(=O)N1CCC(N(C)S(=O)(=O)CC)CC1.Cl. The molecule has 8 heteroatoms. The van der Waals surface area contributed by atoms with Gasteiger partial charge in [-0.05, 0) is 26.2 Å². The van der Waals surface area contributed by atoms with Gasteiger partial charge in [0, 0.05) is 26.2 Å². The molecule has 2 N–H and O–H groups in total. The summed E-state index contributed by atoms with van der Waals surface area (Å²) in [5.41, 5.74) is 5.85. The first kappa shape index (κ1) is 20.6. The number of sulfonamides is 1. The van der Waals surface area contributed by atoms with Crippen molar-refractivity contribution in [1.82, 2.24) is 9.21 Å². The molecule has 1 saturated heterocycles. The van der Waals surface area contributed by atoms with Crippen molar-refractivity contribution >= 4 is 28.3 Å². The fourth-order valence-corrected chi connectivity index (χ4v) is 3.62. The number of hydrogen-bond donors (Lipinski definition) is 1. The van der Waals surface area contributed by atoms with Gasteiger partial charge in [-0.25, -0.2) is 12.7 Å². The molecule has 0 aliphatic carbocycles. The summed E-state index contributed by atoms with van der Waals surface area (Å²) in [6.45, 7) is 4.83. The van der Waals surface area contributed by atoms with Gasteiger partial charge in [0.25, 0.3) is 0 Å². The maximum atomic E-state index is 12.1. The molecule has 21 heavy (non-hydrogen) atoms. The topological polar surface area (TPSA) is 83.7 Å². The molecule has 1 heterocycles. The van der Waals surface area contributed by atoms with Crippen molar-refractivity contribution in [2.75, 3.05) is 25.9 Å². The van der Waals surface area contributed by atoms with Crippen molar-refractivity contribution in [1.29, 1.82) is 0 Å². The second kappa shape index (κ2) is 8.92. The molecule has 6 nitrogen and oxygen atoms in total. The van der Waals surface area contributed by atoms with E-state index in [-0.39, 0.29) is 30.1 Å². The number of halogens is 1. The Labute approximate surface area is 134 Å². The van der Waals surface area contributed by atoms with Crippen LogP contribution in [0.4, 0.5) is 0 Å². The fraction of sp³-hybridized carbons (Fsp3) is 0.923. The highest BCUT2D eigenvalue weighted by Gasteiger charge is 2.31. The molecule has 0 radical (unpaired) electrons. The summed E-state index contributed by atoms with van der Waals surface area (Å²) in [6, 6.07) is -0.431. The second-order valence-corrected chi connectivity index (χ2v) is 7.69. The smallest absolute Gasteiger partial charge is 0.239 e. The molecule has 0 aromatic rings. The molecular formula is C13H28ClN3O3S. The lowest BCUT2D eigenvalue weighted by Gasteiger charge is -2.37. The maximum absolute atomic E-state index is 12.1. The summed E-state index contributed by atoms with van der Waals surface area (Å²) in [5, 5.41) is 0. The number of hydrogen-bond acceptors (Lipinski definition) is 4. The van der Waals surface area contributed by atoms with E-state index in [4.69, 9.17) is 5.73 Å². The lowest BCUT2D eigenvalue weighted by Crippen LogP contribution is -2.51. The minimum atomic E-state index is -3.16. The van der Waals surface area contributed by atoms with E-state index in [1.807, 2.05) is 6.92 Å². The summed E-state index contributed by atoms with van der Waals surface area (Å²) in [5.74, 6) is 0.107. The van der Waals surface area contributed by atoms with E-state index >= 15 is 0 Å². The zero-order valence-electron chi connectivity index (χ0n) is 13.1. The lowest BCUT2D eigenvalue weighted by molar-refractivity contribution is -0.134. The largest absolute Gasteiger partial charge is 0.341 e. The van der Waals surface area contributed by atoms with Crippen LogP contribution in [0.3, 0.4) is 0 Å². The van der Waals surface area contributed by atoms with Gasteiger partial charge in [0.1, 0.15) is 0 Å². The first-order valence-electron chi connectivity index (χ1n) is 7.33. The highest BCUT2D eigenvalue weighted by molar-refractivity contribution is 7.89. The van der Waals surface area contributed by atoms with Crippen molar-refractivity contribution in [3.05, 3.63) is 0 Å². The summed E-state index contributed by atoms with van der Waals surface area (Å²) >= 11 is 0. The molecule has 1 rings (SSSR count). The lowest BCUT2D eigenvalue weighted by atomic mass is 10.0. The molecule has 0 aromatic heterocycles. The van der Waals surface area contributed by atoms with E-state index in [2.05, 4.69) is 0 Å². The Kier molecular flexibility index (Phi) is 8.77. The number of carbonyl (C=O) groups is 1. The third-order valence-corrected chi connectivity index (χ3v) is 5.92. The van der Waals surface area contributed by atoms with Gasteiger partial charge >= 0.3 is 0 Å². The molecule has 1 amide bonds. The standard InChI is InChI=1S/C13H27N3O3S.ClH/c1-4-6-12(14)13(17)16-9-7-11(8-10-16)15(3)20(18,19)5-2;/h11-12H,4-10,14H2,1-3H3;1H. The average Bonchev–Trinajstić information content (AvgIpc) is 2.46. The Morgan fingerprint density at radius 1 is 1.33 bits per heavy atom. The van der Waals surface area contributed by atoms with Crippen LogP contribution in [-0.4, -0.2) is 61.5 Å². The first-order chi connectivity index (χ1) is 9.33. The van der Waals surface area contributed by atoms with Crippen LogP contribution in [0.25, 0.3) is 0 Å². The molecule has 0 aromatic carbocycles. The van der Waals surface area contributed by atoms with Gasteiger partial charge in [-0.3, -0.25) is 4.79 Å². The number of nitrogens with two attached hydrogens (primary N) is 1. The van der Waals surface area contributed by atoms with Crippen molar-refractivity contribution in [2.45, 2.75) is 51.6 Å². The summed E-state index contributed by atoms with van der Waals surface area (Å²) < 4.78 is 25.1. The van der Waals surface area contributed by atoms with Gasteiger partial charge in [0.05, 0.1) is 11.8 Å². The predicted octanol–water partition coefficient (Wildman–Crippen LogP) is 0.808. The normalized spacial score (nSPS) is 18.4. The van der Waals surface area contributed by atoms with Crippen LogP contribution in [0.1, 0.15) is 39.5 Å². The van der Waals surface area contributed by atoms with E-state index < -0.39 is 16.1 Å². The molecule has 0 bridgehead atoms. The van der Waals surface area contributed by atoms with Crippen LogP contribution in [0, 0.1) is 0 Å². The third kappa shape index (κ3) is 5.39. The van der Waals surface area contributed by atoms with Gasteiger partial charge < -0.3 is 10.6 Å². The summed E-state index contributed by atoms with van der Waals surface area (Å²) in [7, 11) is -1.53. The van der Waals surface area contributed by atoms with Crippen LogP contribution in [-0.2, 0) is 14.8 Å². The zero-order valence-corrected chi connectivity index (χ0v) is 14.8. The zero-order chi connectivity index (χ0) is 15.3. The van der Waals surface area contributed by atoms with Gasteiger partial charge in [-0.2, -0.15) is 0 Å². The molecule has 1 fully saturated rings. The highest BCUT2D eigenvalue weighted by atomic mass is 35.5. The fourth-order valence-electron chi connectivity index (χ4n) is 2.55. The monoisotopic (exact) mass is 341 g/mol. The highest BCUT2D eigenvalue weighted by Crippen LogP contribution is 2.19. The number of nitrogens with zero attached hydrogens (tertiary/aromatic N) is 2. The first-order valence-corrected chi connectivity index (χ1v) is 8.94. The van der Waals surface area contributed by atoms with Gasteiger partial charge in [-0.1, -0.05) is 13.3 Å². The molecule has 1 aliphatic heterocycles. The van der Waals surface area contributed by atoms with Crippen LogP contribution in [0.2, 0.25) is 0 Å². The average molecular weight is 342 g/mol. The Morgan fingerprint density at radius 2 is 1.86 bits per heavy atom. The summed E-state index contributed by atoms with van der Waals surface area (Å²) in [4.78, 5) is 13.9. The maximum Gasteiger partial charge on any atom is 0.239 e. The molecule has 0 saturated carbocycles. The molecule has 1 unspecified atom stereocenters. The van der Waals surface area contributed by atoms with Crippen molar-refractivity contribution in [3.8, 4) is 0 Å². The van der Waals surface area contributed by atoms with E-state index in [1.165, 1.54) is 4.31 Å². The number of amides is 1. The van der Waals surface area contributed by atoms with Gasteiger partial charge in [0.2, 0.25) is 15.9 Å². The van der Waals surface area contributed by atoms with E-state index in [9.17, 15) is 13.2 Å². The molecule has 126 valence electrons. The minimum Gasteiger partial charge on any atom is -0.341 e. The van der Waals surface area contributed by atoms with Crippen molar-refractivity contribution < 1.29 is 13.2 Å². The predicted molar refractivity (Wildman–Crippen MR) is 87.0 cm³/mol. The van der Waals surface area contributed by atoms with Crippen LogP contribution >= 0.6 is 12.4 Å². The van der Waals surface area contributed by atoms with E-state index in [0.29, 0.717) is 32.4 Å². The van der Waals surface area contributed by atoms with Crippen molar-refractivity contribution in [3.63, 3.8) is 0 Å². The Balaban J connectivity index is 0.00000400. The Morgan fingerprint density at radius 3 is 2.29 bits per heavy atom. The van der Waals surface area contributed by atoms with E-state index in [0.717, 1.165) is 6.42 Å². The van der Waals surface area contributed by atoms with Crippen molar-refractivity contribution in [2.24, 2.45) is 5.73 Å². The number of rotatable bonds is 6. The van der Waals surface area contributed by atoms with Crippen LogP contribution < -0.4 is 5.73 Å². The quantitative estimate of drug-likeness (QED) is 0.774. The van der Waals surface area contributed by atoms with Gasteiger partial charge in [0.15, 0.2) is 0 Å². The number of piperidine rings is 1. The Bertz CT molecular complexity index is 422. The molecule has 1 aliphatic rings. The molecule has 1 atom stereocenters. The van der Waals surface area contributed by atoms with Crippen LogP contribution in [0.15, 0.2) is 0 Å². The summed E-state index contributed by atoms with van der Waals surface area (Å²) in [6.07, 6.45) is 2.95. The van der Waals surface area contributed by atoms with E-state index in [1.54, 1.807) is 18.9 Å². The molecular weight excluding hydrogens is 314 g/mol. The number of likely N-dealkylation sites (tertiary alicyclic amines) is 1. The second-order valence-electron chi connectivity index (χ2n) is 5.37. The number of carbonyl (C=O) groups excluding carboxylic acids is 1. The molecule has 0 spiro atoms. The minimum absolute atomic E-state index is 0. The van der Waals surface area contributed by atoms with Crippen LogP contribution in [0.5, 0.6) is 0 Å². The van der Waals surface area contributed by atoms with Gasteiger partial charge in [-0.15, -0.1) is 12.4 Å². The Hall–Kier alpha value is -0.370.